The largest absolute Gasteiger partial charge is 0.491 e. The van der Waals surface area contributed by atoms with Gasteiger partial charge in [-0.05, 0) is 51.0 Å². The smallest absolute Gasteiger partial charge is 0.127 e. The Morgan fingerprint density at radius 3 is 2.46 bits per heavy atom. The standard InChI is InChI=1S/C19H22N4O/c1-12(2)24-16-7-5-6-15(8-16)17-9-18(20)23(22-17)19-13(3)10-21-11-14(19)4/h5-12H,20H2,1-4H3. The highest BCUT2D eigenvalue weighted by molar-refractivity contribution is 5.65. The molecular weight excluding hydrogens is 300 g/mol. The number of aryl methyl sites for hydroxylation is 2. The lowest BCUT2D eigenvalue weighted by atomic mass is 10.1. The maximum atomic E-state index is 6.22. The zero-order chi connectivity index (χ0) is 17.3. The summed E-state index contributed by atoms with van der Waals surface area (Å²) in [5, 5.41) is 4.70. The molecule has 0 aliphatic rings. The first-order chi connectivity index (χ1) is 11.5. The molecule has 1 aromatic carbocycles. The van der Waals surface area contributed by atoms with Crippen LogP contribution < -0.4 is 10.5 Å². The molecule has 2 heterocycles. The van der Waals surface area contributed by atoms with Crippen LogP contribution in [0.15, 0.2) is 42.7 Å². The molecule has 3 rings (SSSR count). The lowest BCUT2D eigenvalue weighted by Crippen LogP contribution is -2.06. The number of rotatable bonds is 4. The Morgan fingerprint density at radius 2 is 1.79 bits per heavy atom. The predicted octanol–water partition coefficient (Wildman–Crippen LogP) is 3.92. The third-order valence-corrected chi connectivity index (χ3v) is 3.73. The Hall–Kier alpha value is -2.82. The van der Waals surface area contributed by atoms with E-state index in [-0.39, 0.29) is 6.10 Å². The zero-order valence-electron chi connectivity index (χ0n) is 14.4. The van der Waals surface area contributed by atoms with Gasteiger partial charge in [0.1, 0.15) is 11.6 Å². The fourth-order valence-electron chi connectivity index (χ4n) is 2.74. The van der Waals surface area contributed by atoms with Gasteiger partial charge in [0.05, 0.1) is 17.5 Å². The second kappa shape index (κ2) is 6.35. The van der Waals surface area contributed by atoms with Crippen LogP contribution in [0.1, 0.15) is 25.0 Å². The van der Waals surface area contributed by atoms with E-state index >= 15 is 0 Å². The van der Waals surface area contributed by atoms with Gasteiger partial charge in [0, 0.05) is 24.0 Å². The van der Waals surface area contributed by atoms with Crippen molar-refractivity contribution in [3.63, 3.8) is 0 Å². The molecule has 5 heteroatoms. The number of anilines is 1. The molecule has 0 aliphatic heterocycles. The molecular formula is C19H22N4O. The van der Waals surface area contributed by atoms with Crippen molar-refractivity contribution in [3.05, 3.63) is 53.9 Å². The number of benzene rings is 1. The number of pyridine rings is 1. The molecule has 0 unspecified atom stereocenters. The first-order valence-electron chi connectivity index (χ1n) is 8.00. The second-order valence-electron chi connectivity index (χ2n) is 6.18. The van der Waals surface area contributed by atoms with Crippen molar-refractivity contribution in [1.82, 2.24) is 14.8 Å². The van der Waals surface area contributed by atoms with E-state index in [1.54, 1.807) is 4.68 Å². The van der Waals surface area contributed by atoms with Gasteiger partial charge in [0.25, 0.3) is 0 Å². The van der Waals surface area contributed by atoms with Crippen LogP contribution in [-0.2, 0) is 0 Å². The third-order valence-electron chi connectivity index (χ3n) is 3.73. The first kappa shape index (κ1) is 16.1. The Labute approximate surface area is 142 Å². The van der Waals surface area contributed by atoms with Gasteiger partial charge >= 0.3 is 0 Å². The molecule has 0 radical (unpaired) electrons. The lowest BCUT2D eigenvalue weighted by molar-refractivity contribution is 0.242. The van der Waals surface area contributed by atoms with Gasteiger partial charge in [-0.15, -0.1) is 0 Å². The van der Waals surface area contributed by atoms with E-state index < -0.39 is 0 Å². The van der Waals surface area contributed by atoms with Gasteiger partial charge in [-0.25, -0.2) is 4.68 Å². The molecule has 124 valence electrons. The highest BCUT2D eigenvalue weighted by Crippen LogP contribution is 2.28. The van der Waals surface area contributed by atoms with Crippen LogP contribution in [0.5, 0.6) is 5.75 Å². The van der Waals surface area contributed by atoms with E-state index in [1.807, 2.05) is 70.4 Å². The topological polar surface area (TPSA) is 66.0 Å². The van der Waals surface area contributed by atoms with Crippen molar-refractivity contribution in [3.8, 4) is 22.7 Å². The quantitative estimate of drug-likeness (QED) is 0.790. The molecule has 0 fully saturated rings. The predicted molar refractivity (Wildman–Crippen MR) is 96.4 cm³/mol. The zero-order valence-corrected chi connectivity index (χ0v) is 14.4. The Balaban J connectivity index is 2.04. The summed E-state index contributed by atoms with van der Waals surface area (Å²) in [6.07, 6.45) is 3.77. The number of nitrogen functional groups attached to an aromatic ring is 1. The van der Waals surface area contributed by atoms with Crippen molar-refractivity contribution in [2.24, 2.45) is 0 Å². The molecule has 3 aromatic rings. The molecule has 24 heavy (non-hydrogen) atoms. The first-order valence-corrected chi connectivity index (χ1v) is 8.00. The summed E-state index contributed by atoms with van der Waals surface area (Å²) in [6, 6.07) is 9.78. The SMILES string of the molecule is Cc1cncc(C)c1-n1nc(-c2cccc(OC(C)C)c2)cc1N. The maximum absolute atomic E-state index is 6.22. The van der Waals surface area contributed by atoms with Gasteiger partial charge in [-0.2, -0.15) is 5.10 Å². The van der Waals surface area contributed by atoms with Crippen LogP contribution >= 0.6 is 0 Å². The van der Waals surface area contributed by atoms with Gasteiger partial charge < -0.3 is 10.5 Å². The van der Waals surface area contributed by atoms with Crippen LogP contribution in [-0.4, -0.2) is 20.9 Å². The van der Waals surface area contributed by atoms with E-state index in [0.717, 1.165) is 33.8 Å². The number of hydrogen-bond acceptors (Lipinski definition) is 4. The molecule has 0 bridgehead atoms. The van der Waals surface area contributed by atoms with Crippen molar-refractivity contribution < 1.29 is 4.74 Å². The molecule has 0 spiro atoms. The number of aromatic nitrogens is 3. The highest BCUT2D eigenvalue weighted by Gasteiger charge is 2.13. The van der Waals surface area contributed by atoms with Gasteiger partial charge in [0.15, 0.2) is 0 Å². The summed E-state index contributed by atoms with van der Waals surface area (Å²) in [6.45, 7) is 8.03. The van der Waals surface area contributed by atoms with Gasteiger partial charge in [-0.1, -0.05) is 12.1 Å². The molecule has 5 nitrogen and oxygen atoms in total. The minimum atomic E-state index is 0.130. The third kappa shape index (κ3) is 3.11. The Kier molecular flexibility index (Phi) is 4.25. The van der Waals surface area contributed by atoms with Crippen molar-refractivity contribution >= 4 is 5.82 Å². The molecule has 0 saturated heterocycles. The normalized spacial score (nSPS) is 11.0. The highest BCUT2D eigenvalue weighted by atomic mass is 16.5. The second-order valence-corrected chi connectivity index (χ2v) is 6.18. The fraction of sp³-hybridized carbons (Fsp3) is 0.263. The average molecular weight is 322 g/mol. The number of hydrogen-bond donors (Lipinski definition) is 1. The molecule has 0 aliphatic carbocycles. The van der Waals surface area contributed by atoms with Crippen molar-refractivity contribution in [2.45, 2.75) is 33.8 Å². The number of nitrogens with zero attached hydrogens (tertiary/aromatic N) is 3. The summed E-state index contributed by atoms with van der Waals surface area (Å²) in [5.74, 6) is 1.42. The van der Waals surface area contributed by atoms with E-state index in [4.69, 9.17) is 15.6 Å². The van der Waals surface area contributed by atoms with Gasteiger partial charge in [-0.3, -0.25) is 4.98 Å². The molecule has 0 atom stereocenters. The summed E-state index contributed by atoms with van der Waals surface area (Å²) >= 11 is 0. The van der Waals surface area contributed by atoms with Crippen LogP contribution in [0.25, 0.3) is 16.9 Å². The summed E-state index contributed by atoms with van der Waals surface area (Å²) in [5.41, 5.74) is 11.1. The number of nitrogens with two attached hydrogens (primary N) is 1. The molecule has 0 amide bonds. The number of ether oxygens (including phenoxy) is 1. The Bertz CT molecular complexity index is 847. The summed E-state index contributed by atoms with van der Waals surface area (Å²) in [7, 11) is 0. The Morgan fingerprint density at radius 1 is 1.08 bits per heavy atom. The van der Waals surface area contributed by atoms with E-state index in [9.17, 15) is 0 Å². The van der Waals surface area contributed by atoms with Crippen molar-refractivity contribution in [2.75, 3.05) is 5.73 Å². The van der Waals surface area contributed by atoms with Crippen LogP contribution in [0.4, 0.5) is 5.82 Å². The van der Waals surface area contributed by atoms with E-state index in [2.05, 4.69) is 4.98 Å². The van der Waals surface area contributed by atoms with E-state index in [0.29, 0.717) is 5.82 Å². The summed E-state index contributed by atoms with van der Waals surface area (Å²) in [4.78, 5) is 4.21. The summed E-state index contributed by atoms with van der Waals surface area (Å²) < 4.78 is 7.54. The molecule has 2 aromatic heterocycles. The van der Waals surface area contributed by atoms with Crippen LogP contribution in [0, 0.1) is 13.8 Å². The molecule has 0 saturated carbocycles. The van der Waals surface area contributed by atoms with Crippen LogP contribution in [0.2, 0.25) is 0 Å². The van der Waals surface area contributed by atoms with Gasteiger partial charge in [0.2, 0.25) is 0 Å². The monoisotopic (exact) mass is 322 g/mol. The van der Waals surface area contributed by atoms with E-state index in [1.165, 1.54) is 0 Å². The maximum Gasteiger partial charge on any atom is 0.127 e. The lowest BCUT2D eigenvalue weighted by Gasteiger charge is -2.11. The fourth-order valence-corrected chi connectivity index (χ4v) is 2.74. The van der Waals surface area contributed by atoms with Crippen molar-refractivity contribution in [1.29, 1.82) is 0 Å². The van der Waals surface area contributed by atoms with Crippen LogP contribution in [0.3, 0.4) is 0 Å². The minimum Gasteiger partial charge on any atom is -0.491 e. The minimum absolute atomic E-state index is 0.130. The molecule has 2 N–H and O–H groups in total. The average Bonchev–Trinajstić information content (AvgIpc) is 2.89.